The minimum Gasteiger partial charge on any atom is -0.371 e. The Balaban J connectivity index is 1.24. The summed E-state index contributed by atoms with van der Waals surface area (Å²) in [6.45, 7) is 10.8. The van der Waals surface area contributed by atoms with Crippen molar-refractivity contribution in [2.24, 2.45) is 11.1 Å². The number of primary amides is 1. The van der Waals surface area contributed by atoms with Gasteiger partial charge in [0.15, 0.2) is 11.5 Å². The van der Waals surface area contributed by atoms with Crippen LogP contribution in [0.1, 0.15) is 32.6 Å². The number of fused-ring (bicyclic) bond motifs is 1. The van der Waals surface area contributed by atoms with Crippen molar-refractivity contribution in [3.8, 4) is 5.82 Å². The number of urea groups is 1. The average molecular weight is 597 g/mol. The zero-order chi connectivity index (χ0) is 30.8. The molecule has 2 saturated heterocycles. The highest BCUT2D eigenvalue weighted by molar-refractivity contribution is 5.89. The lowest BCUT2D eigenvalue weighted by molar-refractivity contribution is 0.0945. The standard InChI is InChI=1S/C32H40N10O2/c1-4-17-41-29(43)25-22-34-31(37-28(25)42(41)27-8-6-7-26(36-27)40(5-2)30(33)44)35-23-9-11-24(12-10-23)39-20-15-32(16-21-39)13-18-38(3)19-14-32/h4,6-12,22H,1,5,13-21H2,2-3H3,(H2,33,44)(H,34,35,37). The largest absolute Gasteiger partial charge is 0.371 e. The number of anilines is 4. The van der Waals surface area contributed by atoms with E-state index in [4.69, 9.17) is 10.7 Å². The highest BCUT2D eigenvalue weighted by Crippen LogP contribution is 2.42. The third-order valence-corrected chi connectivity index (χ3v) is 9.13. The SMILES string of the molecule is C=CCn1c(=O)c2cnc(Nc3ccc(N4CCC5(CCN(C)CC5)CC4)cc3)nc2n1-c1cccc(N(CC)C(N)=O)n1. The minimum atomic E-state index is -0.612. The Kier molecular flexibility index (Phi) is 8.09. The molecule has 1 spiro atoms. The Hall–Kier alpha value is -4.71. The highest BCUT2D eigenvalue weighted by atomic mass is 16.2. The molecular formula is C32H40N10O2. The first-order valence-electron chi connectivity index (χ1n) is 15.3. The van der Waals surface area contributed by atoms with Crippen LogP contribution in [-0.2, 0) is 6.54 Å². The summed E-state index contributed by atoms with van der Waals surface area (Å²) < 4.78 is 3.12. The quantitative estimate of drug-likeness (QED) is 0.291. The summed E-state index contributed by atoms with van der Waals surface area (Å²) in [6.07, 6.45) is 8.27. The number of aromatic nitrogens is 5. The number of pyridine rings is 1. The third-order valence-electron chi connectivity index (χ3n) is 9.13. The maximum atomic E-state index is 13.3. The monoisotopic (exact) mass is 596 g/mol. The van der Waals surface area contributed by atoms with Crippen LogP contribution in [0.4, 0.5) is 27.9 Å². The molecule has 2 aliphatic heterocycles. The van der Waals surface area contributed by atoms with E-state index in [1.807, 2.05) is 19.1 Å². The van der Waals surface area contributed by atoms with Gasteiger partial charge < -0.3 is 20.9 Å². The van der Waals surface area contributed by atoms with Crippen molar-refractivity contribution in [2.75, 3.05) is 54.9 Å². The molecule has 2 fully saturated rings. The molecule has 12 heteroatoms. The van der Waals surface area contributed by atoms with Crippen molar-refractivity contribution < 1.29 is 4.79 Å². The number of rotatable bonds is 8. The first-order valence-corrected chi connectivity index (χ1v) is 15.3. The second-order valence-corrected chi connectivity index (χ2v) is 11.8. The van der Waals surface area contributed by atoms with Crippen molar-refractivity contribution in [1.82, 2.24) is 29.2 Å². The zero-order valence-corrected chi connectivity index (χ0v) is 25.4. The lowest BCUT2D eigenvalue weighted by atomic mass is 9.71. The summed E-state index contributed by atoms with van der Waals surface area (Å²) >= 11 is 0. The molecule has 2 aliphatic rings. The van der Waals surface area contributed by atoms with Crippen LogP contribution in [0.2, 0.25) is 0 Å². The highest BCUT2D eigenvalue weighted by Gasteiger charge is 2.36. The second-order valence-electron chi connectivity index (χ2n) is 11.8. The number of hydrogen-bond donors (Lipinski definition) is 2. The van der Waals surface area contributed by atoms with Crippen LogP contribution in [0.25, 0.3) is 16.9 Å². The Morgan fingerprint density at radius 1 is 1.07 bits per heavy atom. The number of carbonyl (C=O) groups excluding carboxylic acids is 1. The summed E-state index contributed by atoms with van der Waals surface area (Å²) in [5.74, 6) is 1.13. The molecule has 2 amide bonds. The molecule has 0 aliphatic carbocycles. The second kappa shape index (κ2) is 12.1. The van der Waals surface area contributed by atoms with E-state index in [2.05, 4.69) is 50.8 Å². The van der Waals surface area contributed by atoms with Crippen molar-refractivity contribution in [3.63, 3.8) is 0 Å². The molecule has 1 aromatic carbocycles. The Bertz CT molecular complexity index is 1710. The van der Waals surface area contributed by atoms with Gasteiger partial charge in [-0.25, -0.2) is 24.1 Å². The molecule has 3 N–H and O–H groups in total. The van der Waals surface area contributed by atoms with Crippen molar-refractivity contribution >= 4 is 40.2 Å². The average Bonchev–Trinajstić information content (AvgIpc) is 3.30. The predicted octanol–water partition coefficient (Wildman–Crippen LogP) is 4.12. The number of likely N-dealkylation sites (tertiary alicyclic amines) is 1. The lowest BCUT2D eigenvalue weighted by Crippen LogP contribution is -2.46. The predicted molar refractivity (Wildman–Crippen MR) is 174 cm³/mol. The molecule has 3 aromatic heterocycles. The fourth-order valence-electron chi connectivity index (χ4n) is 6.44. The van der Waals surface area contributed by atoms with Gasteiger partial charge in [-0.15, -0.1) is 6.58 Å². The molecule has 0 radical (unpaired) electrons. The number of nitrogens with one attached hydrogen (secondary N) is 1. The van der Waals surface area contributed by atoms with Gasteiger partial charge >= 0.3 is 6.03 Å². The number of benzene rings is 1. The molecule has 0 bridgehead atoms. The van der Waals surface area contributed by atoms with E-state index < -0.39 is 6.03 Å². The van der Waals surface area contributed by atoms with Gasteiger partial charge in [0.25, 0.3) is 5.56 Å². The lowest BCUT2D eigenvalue weighted by Gasteiger charge is -2.46. The molecule has 230 valence electrons. The third kappa shape index (κ3) is 5.64. The van der Waals surface area contributed by atoms with Crippen LogP contribution in [-0.4, -0.2) is 75.0 Å². The number of amides is 2. The molecule has 6 rings (SSSR count). The van der Waals surface area contributed by atoms with Gasteiger partial charge in [-0.1, -0.05) is 12.1 Å². The van der Waals surface area contributed by atoms with E-state index in [1.54, 1.807) is 29.0 Å². The van der Waals surface area contributed by atoms with Gasteiger partial charge in [0.1, 0.15) is 11.2 Å². The van der Waals surface area contributed by atoms with E-state index in [-0.39, 0.29) is 12.1 Å². The molecule has 44 heavy (non-hydrogen) atoms. The fourth-order valence-corrected chi connectivity index (χ4v) is 6.44. The smallest absolute Gasteiger partial charge is 0.320 e. The normalized spacial score (nSPS) is 16.7. The molecule has 0 atom stereocenters. The van der Waals surface area contributed by atoms with E-state index in [0.29, 0.717) is 40.6 Å². The van der Waals surface area contributed by atoms with Gasteiger partial charge in [-0.3, -0.25) is 9.69 Å². The van der Waals surface area contributed by atoms with E-state index >= 15 is 0 Å². The maximum absolute atomic E-state index is 13.3. The molecule has 5 heterocycles. The van der Waals surface area contributed by atoms with Crippen molar-refractivity contribution in [1.29, 1.82) is 0 Å². The number of nitrogens with two attached hydrogens (primary N) is 1. The van der Waals surface area contributed by atoms with Crippen LogP contribution in [0, 0.1) is 5.41 Å². The van der Waals surface area contributed by atoms with Gasteiger partial charge in [0.05, 0.1) is 6.54 Å². The van der Waals surface area contributed by atoms with Crippen LogP contribution < -0.4 is 26.4 Å². The minimum absolute atomic E-state index is 0.229. The molecular weight excluding hydrogens is 556 g/mol. The number of piperidine rings is 2. The van der Waals surface area contributed by atoms with E-state index in [1.165, 1.54) is 60.2 Å². The summed E-state index contributed by atoms with van der Waals surface area (Å²) in [5, 5.41) is 3.63. The van der Waals surface area contributed by atoms with Crippen LogP contribution >= 0.6 is 0 Å². The van der Waals surface area contributed by atoms with Crippen LogP contribution in [0.15, 0.2) is 66.1 Å². The van der Waals surface area contributed by atoms with Crippen molar-refractivity contribution in [2.45, 2.75) is 39.2 Å². The summed E-state index contributed by atoms with van der Waals surface area (Å²) in [5.41, 5.74) is 8.24. The number of nitrogens with zero attached hydrogens (tertiary/aromatic N) is 8. The molecule has 4 aromatic rings. The molecule has 0 unspecified atom stereocenters. The fraction of sp³-hybridized carbons (Fsp3) is 0.406. The van der Waals surface area contributed by atoms with Gasteiger partial charge in [-0.2, -0.15) is 4.98 Å². The van der Waals surface area contributed by atoms with Gasteiger partial charge in [0, 0.05) is 37.2 Å². The number of allylic oxidation sites excluding steroid dienone is 1. The number of carbonyl (C=O) groups is 1. The first kappa shape index (κ1) is 29.4. The first-order chi connectivity index (χ1) is 21.3. The molecule has 0 saturated carbocycles. The van der Waals surface area contributed by atoms with Crippen molar-refractivity contribution in [3.05, 3.63) is 71.7 Å². The maximum Gasteiger partial charge on any atom is 0.320 e. The Morgan fingerprint density at radius 2 is 1.77 bits per heavy atom. The Morgan fingerprint density at radius 3 is 2.43 bits per heavy atom. The molecule has 12 nitrogen and oxygen atoms in total. The van der Waals surface area contributed by atoms with Crippen LogP contribution in [0.3, 0.4) is 0 Å². The summed E-state index contributed by atoms with van der Waals surface area (Å²) in [7, 11) is 2.22. The topological polar surface area (TPSA) is 130 Å². The van der Waals surface area contributed by atoms with E-state index in [9.17, 15) is 9.59 Å². The number of hydrogen-bond acceptors (Lipinski definition) is 8. The van der Waals surface area contributed by atoms with Gasteiger partial charge in [-0.05, 0) is 94.6 Å². The zero-order valence-electron chi connectivity index (χ0n) is 25.4. The summed E-state index contributed by atoms with van der Waals surface area (Å²) in [6, 6.07) is 12.9. The summed E-state index contributed by atoms with van der Waals surface area (Å²) in [4.78, 5) is 45.4. The Labute approximate surface area is 256 Å². The van der Waals surface area contributed by atoms with Crippen LogP contribution in [0.5, 0.6) is 0 Å². The van der Waals surface area contributed by atoms with E-state index in [0.717, 1.165) is 18.8 Å². The van der Waals surface area contributed by atoms with Gasteiger partial charge in [0.2, 0.25) is 5.95 Å².